The van der Waals surface area contributed by atoms with Gasteiger partial charge >= 0.3 is 21.1 Å². The minimum atomic E-state index is -0.0138. The summed E-state index contributed by atoms with van der Waals surface area (Å²) >= 11 is 0. The van der Waals surface area contributed by atoms with Crippen LogP contribution in [0.2, 0.25) is 0 Å². The van der Waals surface area contributed by atoms with Crippen molar-refractivity contribution in [3.63, 3.8) is 0 Å². The Hall–Kier alpha value is -5.97. The van der Waals surface area contributed by atoms with Gasteiger partial charge < -0.3 is 13.9 Å². The van der Waals surface area contributed by atoms with Gasteiger partial charge in [-0.15, -0.1) is 35.7 Å². The summed E-state index contributed by atoms with van der Waals surface area (Å²) in [6.07, 6.45) is 1.89. The Morgan fingerprint density at radius 3 is 2.17 bits per heavy atom. The molecule has 0 bridgehead atoms. The standard InChI is InChI=1S/C46H33N5O.Pt/c1-46(2,3)32-24-25-47-44(27-32)50-39-17-8-7-16-36(39)37-22-21-35(29-42(37)50)52-34-15-11-14-33(28-34)49-40-18-9-10-19-41(40)51-43-26-31(30-12-5-4-6-13-30)20-23-38(43)48-45(49)51;/h4-27H,1-3H3;/q-2;+2. The van der Waals surface area contributed by atoms with Crippen LogP contribution in [-0.2, 0) is 26.5 Å². The largest absolute Gasteiger partial charge is 2.00 e. The molecule has 6 nitrogen and oxygen atoms in total. The van der Waals surface area contributed by atoms with Crippen LogP contribution in [-0.4, -0.2) is 23.5 Å². The monoisotopic (exact) mass is 866 g/mol. The Morgan fingerprint density at radius 2 is 1.34 bits per heavy atom. The number of nitrogens with zero attached hydrogens (tertiary/aromatic N) is 5. The summed E-state index contributed by atoms with van der Waals surface area (Å²) in [6.45, 7) is 6.66. The molecule has 7 heteroatoms. The van der Waals surface area contributed by atoms with E-state index in [1.54, 1.807) is 0 Å². The van der Waals surface area contributed by atoms with Gasteiger partial charge in [-0.05, 0) is 70.0 Å². The van der Waals surface area contributed by atoms with Crippen LogP contribution in [0.1, 0.15) is 26.3 Å². The van der Waals surface area contributed by atoms with E-state index in [1.807, 2.05) is 36.5 Å². The zero-order valence-corrected chi connectivity index (χ0v) is 31.6. The van der Waals surface area contributed by atoms with Crippen molar-refractivity contribution in [2.24, 2.45) is 0 Å². The summed E-state index contributed by atoms with van der Waals surface area (Å²) in [7, 11) is 0. The second kappa shape index (κ2) is 12.6. The second-order valence-corrected chi connectivity index (χ2v) is 14.2. The first kappa shape index (κ1) is 32.9. The van der Waals surface area contributed by atoms with Crippen molar-refractivity contribution in [1.29, 1.82) is 0 Å². The number of benzene rings is 6. The molecule has 0 atom stereocenters. The van der Waals surface area contributed by atoms with Crippen LogP contribution >= 0.6 is 0 Å². The number of imidazole rings is 2. The van der Waals surface area contributed by atoms with Crippen LogP contribution < -0.4 is 4.74 Å². The molecule has 0 amide bonds. The van der Waals surface area contributed by atoms with Crippen LogP contribution in [0.5, 0.6) is 11.5 Å². The van der Waals surface area contributed by atoms with E-state index in [1.165, 1.54) is 11.1 Å². The van der Waals surface area contributed by atoms with Gasteiger partial charge in [-0.2, -0.15) is 12.1 Å². The fourth-order valence-electron chi connectivity index (χ4n) is 7.37. The summed E-state index contributed by atoms with van der Waals surface area (Å²) < 4.78 is 13.1. The number of ether oxygens (including phenoxy) is 1. The number of hydrogen-bond acceptors (Lipinski definition) is 3. The minimum absolute atomic E-state index is 0. The summed E-state index contributed by atoms with van der Waals surface area (Å²) in [5.74, 6) is 2.85. The van der Waals surface area contributed by atoms with Crippen LogP contribution in [0.3, 0.4) is 0 Å². The van der Waals surface area contributed by atoms with Gasteiger partial charge in [0.15, 0.2) is 0 Å². The van der Waals surface area contributed by atoms with Gasteiger partial charge in [-0.1, -0.05) is 98.7 Å². The van der Waals surface area contributed by atoms with E-state index < -0.39 is 0 Å². The zero-order valence-electron chi connectivity index (χ0n) is 29.3. The van der Waals surface area contributed by atoms with Crippen LogP contribution in [0, 0.1) is 12.1 Å². The first-order valence-electron chi connectivity index (χ1n) is 17.5. The smallest absolute Gasteiger partial charge is 0.509 e. The van der Waals surface area contributed by atoms with E-state index >= 15 is 0 Å². The summed E-state index contributed by atoms with van der Waals surface area (Å²) in [4.78, 5) is 9.96. The van der Waals surface area contributed by atoms with E-state index in [-0.39, 0.29) is 26.5 Å². The molecule has 0 fully saturated rings. The SMILES string of the molecule is CC(C)(C)c1ccnc(-n2c3[c-]c(Oc4[c-]c(-n5c6ccccc6n6c7cc(-c8ccccc8)ccc7nc56)ccc4)ccc3c3ccccc32)c1.[Pt+2]. The van der Waals surface area contributed by atoms with Crippen LogP contribution in [0.15, 0.2) is 146 Å². The number of fused-ring (bicyclic) bond motifs is 8. The molecule has 0 saturated heterocycles. The average Bonchev–Trinajstić information content (AvgIpc) is 3.81. The van der Waals surface area contributed by atoms with E-state index in [0.717, 1.165) is 66.7 Å². The third kappa shape index (κ3) is 5.44. The summed E-state index contributed by atoms with van der Waals surface area (Å²) in [5.41, 5.74) is 10.4. The molecule has 0 spiro atoms. The molecule has 10 rings (SSSR count). The molecule has 0 aliphatic rings. The molecule has 0 radical (unpaired) electrons. The second-order valence-electron chi connectivity index (χ2n) is 14.2. The van der Waals surface area contributed by atoms with Gasteiger partial charge in [0, 0.05) is 23.2 Å². The molecular weight excluding hydrogens is 834 g/mol. The van der Waals surface area contributed by atoms with Crippen molar-refractivity contribution in [1.82, 2.24) is 23.5 Å². The maximum Gasteiger partial charge on any atom is 2.00 e. The Morgan fingerprint density at radius 1 is 0.585 bits per heavy atom. The predicted molar refractivity (Wildman–Crippen MR) is 210 cm³/mol. The van der Waals surface area contributed by atoms with Gasteiger partial charge in [0.05, 0.1) is 22.1 Å². The quantitative estimate of drug-likeness (QED) is 0.162. The molecule has 53 heavy (non-hydrogen) atoms. The number of para-hydroxylation sites is 3. The van der Waals surface area contributed by atoms with Crippen molar-refractivity contribution in [3.8, 4) is 34.1 Å². The zero-order chi connectivity index (χ0) is 35.0. The molecule has 6 aromatic carbocycles. The first-order chi connectivity index (χ1) is 25.4. The van der Waals surface area contributed by atoms with Gasteiger partial charge in [0.2, 0.25) is 5.78 Å². The Labute approximate surface area is 321 Å². The van der Waals surface area contributed by atoms with Gasteiger partial charge in [0.1, 0.15) is 5.82 Å². The van der Waals surface area contributed by atoms with E-state index in [9.17, 15) is 0 Å². The first-order valence-corrected chi connectivity index (χ1v) is 17.5. The fourth-order valence-corrected chi connectivity index (χ4v) is 7.37. The maximum absolute atomic E-state index is 6.55. The molecule has 4 aromatic heterocycles. The molecule has 0 unspecified atom stereocenters. The molecule has 0 aliphatic carbocycles. The molecule has 4 heterocycles. The Kier molecular flexibility index (Phi) is 7.83. The summed E-state index contributed by atoms with van der Waals surface area (Å²) in [6, 6.07) is 55.2. The van der Waals surface area contributed by atoms with Crippen molar-refractivity contribution >= 4 is 49.7 Å². The van der Waals surface area contributed by atoms with Crippen molar-refractivity contribution < 1.29 is 25.8 Å². The van der Waals surface area contributed by atoms with Crippen molar-refractivity contribution in [3.05, 3.63) is 163 Å². The third-order valence-corrected chi connectivity index (χ3v) is 9.92. The van der Waals surface area contributed by atoms with Gasteiger partial charge in [-0.3, -0.25) is 4.40 Å². The molecule has 0 N–H and O–H groups in total. The molecule has 0 aliphatic heterocycles. The number of rotatable bonds is 5. The van der Waals surface area contributed by atoms with Gasteiger partial charge in [0.25, 0.3) is 0 Å². The predicted octanol–water partition coefficient (Wildman–Crippen LogP) is 11.3. The third-order valence-electron chi connectivity index (χ3n) is 9.92. The molecular formula is C46H33N5OPt. The number of hydrogen-bond donors (Lipinski definition) is 0. The van der Waals surface area contributed by atoms with Gasteiger partial charge in [-0.25, -0.2) is 9.97 Å². The van der Waals surface area contributed by atoms with Crippen molar-refractivity contribution in [2.45, 2.75) is 26.2 Å². The normalized spacial score (nSPS) is 11.9. The number of pyridine rings is 1. The molecule has 0 saturated carbocycles. The minimum Gasteiger partial charge on any atom is -0.509 e. The Bertz CT molecular complexity index is 2980. The number of aromatic nitrogens is 5. The van der Waals surface area contributed by atoms with Crippen LogP contribution in [0.4, 0.5) is 0 Å². The van der Waals surface area contributed by atoms with Crippen molar-refractivity contribution in [2.75, 3.05) is 0 Å². The maximum atomic E-state index is 6.55. The van der Waals surface area contributed by atoms with Crippen LogP contribution in [0.25, 0.3) is 72.3 Å². The topological polar surface area (TPSA) is 49.3 Å². The molecule has 10 aromatic rings. The molecule has 258 valence electrons. The van der Waals surface area contributed by atoms with E-state index in [0.29, 0.717) is 11.5 Å². The fraction of sp³-hybridized carbons (Fsp3) is 0.0870. The average molecular weight is 867 g/mol. The Balaban J connectivity index is 0.00000372. The summed E-state index contributed by atoms with van der Waals surface area (Å²) in [5, 5.41) is 2.23. The van der Waals surface area contributed by atoms with E-state index in [4.69, 9.17) is 14.7 Å². The van der Waals surface area contributed by atoms with E-state index in [2.05, 4.69) is 156 Å².